The summed E-state index contributed by atoms with van der Waals surface area (Å²) in [6, 6.07) is 16.9. The van der Waals surface area contributed by atoms with Gasteiger partial charge in [0, 0.05) is 18.0 Å². The fourth-order valence-electron chi connectivity index (χ4n) is 3.16. The first kappa shape index (κ1) is 21.1. The maximum absolute atomic E-state index is 12.9. The second kappa shape index (κ2) is 8.95. The van der Waals surface area contributed by atoms with Gasteiger partial charge in [-0.1, -0.05) is 42.1 Å². The zero-order valence-corrected chi connectivity index (χ0v) is 18.9. The second-order valence-electron chi connectivity index (χ2n) is 6.73. The van der Waals surface area contributed by atoms with Gasteiger partial charge in [0.2, 0.25) is 0 Å². The molecule has 0 fully saturated rings. The SMILES string of the molecule is COc1ccc(C(=O)CSc2nc3sc(-c4ccccc4)cc3c(=O)n2C)c(OC)c1. The first-order chi connectivity index (χ1) is 15.0. The van der Waals surface area contributed by atoms with Crippen molar-refractivity contribution in [2.45, 2.75) is 5.16 Å². The number of hydrogen-bond donors (Lipinski definition) is 0. The molecule has 2 aromatic carbocycles. The van der Waals surface area contributed by atoms with E-state index in [2.05, 4.69) is 4.98 Å². The number of carbonyl (C=O) groups is 1. The Morgan fingerprint density at radius 3 is 2.58 bits per heavy atom. The van der Waals surface area contributed by atoms with E-state index in [9.17, 15) is 9.59 Å². The zero-order chi connectivity index (χ0) is 22.0. The number of aromatic nitrogens is 2. The van der Waals surface area contributed by atoms with Gasteiger partial charge in [-0.2, -0.15) is 0 Å². The summed E-state index contributed by atoms with van der Waals surface area (Å²) in [5, 5.41) is 1.08. The molecule has 158 valence electrons. The van der Waals surface area contributed by atoms with Gasteiger partial charge in [0.1, 0.15) is 16.3 Å². The molecule has 2 aromatic heterocycles. The molecule has 0 aliphatic heterocycles. The van der Waals surface area contributed by atoms with E-state index >= 15 is 0 Å². The number of ketones is 1. The molecule has 6 nitrogen and oxygen atoms in total. The van der Waals surface area contributed by atoms with Crippen molar-refractivity contribution < 1.29 is 14.3 Å². The highest BCUT2D eigenvalue weighted by atomic mass is 32.2. The van der Waals surface area contributed by atoms with Gasteiger partial charge in [0.05, 0.1) is 30.9 Å². The van der Waals surface area contributed by atoms with Crippen molar-refractivity contribution in [3.05, 3.63) is 70.5 Å². The van der Waals surface area contributed by atoms with E-state index in [-0.39, 0.29) is 17.1 Å². The van der Waals surface area contributed by atoms with Crippen molar-refractivity contribution in [3.8, 4) is 21.9 Å². The third-order valence-electron chi connectivity index (χ3n) is 4.83. The lowest BCUT2D eigenvalue weighted by atomic mass is 10.1. The average Bonchev–Trinajstić information content (AvgIpc) is 3.24. The molecule has 0 saturated heterocycles. The highest BCUT2D eigenvalue weighted by Crippen LogP contribution is 2.32. The largest absolute Gasteiger partial charge is 0.497 e. The van der Waals surface area contributed by atoms with E-state index in [0.29, 0.717) is 32.4 Å². The van der Waals surface area contributed by atoms with Crippen LogP contribution in [0.1, 0.15) is 10.4 Å². The Kier molecular flexibility index (Phi) is 6.11. The van der Waals surface area contributed by atoms with Crippen LogP contribution in [-0.4, -0.2) is 35.3 Å². The van der Waals surface area contributed by atoms with E-state index in [4.69, 9.17) is 9.47 Å². The maximum Gasteiger partial charge on any atom is 0.262 e. The molecule has 0 unspecified atom stereocenters. The minimum absolute atomic E-state index is 0.116. The van der Waals surface area contributed by atoms with Crippen molar-refractivity contribution in [2.75, 3.05) is 20.0 Å². The number of methoxy groups -OCH3 is 2. The molecule has 2 heterocycles. The number of hydrogen-bond acceptors (Lipinski definition) is 7. The number of nitrogens with zero attached hydrogens (tertiary/aromatic N) is 2. The summed E-state index contributed by atoms with van der Waals surface area (Å²) in [4.78, 5) is 32.0. The smallest absolute Gasteiger partial charge is 0.262 e. The predicted molar refractivity (Wildman–Crippen MR) is 125 cm³/mol. The molecule has 0 aliphatic rings. The van der Waals surface area contributed by atoms with E-state index in [1.54, 1.807) is 32.4 Å². The number of rotatable bonds is 7. The Hall–Kier alpha value is -3.10. The molecular formula is C23H20N2O4S2. The number of thiophene rings is 1. The lowest BCUT2D eigenvalue weighted by Gasteiger charge is -2.10. The predicted octanol–water partition coefficient (Wildman–Crippen LogP) is 4.65. The standard InChI is InChI=1S/C23H20N2O4S2/c1-25-22(27)17-12-20(14-7-5-4-6-8-14)31-21(17)24-23(25)30-13-18(26)16-10-9-15(28-2)11-19(16)29-3/h4-12H,13H2,1-3H3. The highest BCUT2D eigenvalue weighted by molar-refractivity contribution is 7.99. The van der Waals surface area contributed by atoms with Gasteiger partial charge in [-0.15, -0.1) is 11.3 Å². The van der Waals surface area contributed by atoms with Crippen molar-refractivity contribution in [2.24, 2.45) is 7.05 Å². The normalized spacial score (nSPS) is 10.9. The van der Waals surface area contributed by atoms with Crippen LogP contribution in [0.25, 0.3) is 20.7 Å². The van der Waals surface area contributed by atoms with Crippen LogP contribution in [0.2, 0.25) is 0 Å². The molecule has 0 spiro atoms. The van der Waals surface area contributed by atoms with Gasteiger partial charge >= 0.3 is 0 Å². The third-order valence-corrected chi connectivity index (χ3v) is 6.94. The summed E-state index contributed by atoms with van der Waals surface area (Å²) in [7, 11) is 4.75. The summed E-state index contributed by atoms with van der Waals surface area (Å²) >= 11 is 2.71. The van der Waals surface area contributed by atoms with E-state index < -0.39 is 0 Å². The minimum atomic E-state index is -0.125. The fourth-order valence-corrected chi connectivity index (χ4v) is 5.09. The molecule has 0 aliphatic carbocycles. The van der Waals surface area contributed by atoms with Crippen molar-refractivity contribution in [1.29, 1.82) is 0 Å². The van der Waals surface area contributed by atoms with Crippen LogP contribution in [0.3, 0.4) is 0 Å². The molecule has 31 heavy (non-hydrogen) atoms. The van der Waals surface area contributed by atoms with Crippen molar-refractivity contribution >= 4 is 39.1 Å². The Morgan fingerprint density at radius 2 is 1.87 bits per heavy atom. The summed E-state index contributed by atoms with van der Waals surface area (Å²) in [5.74, 6) is 1.08. The molecule has 0 amide bonds. The van der Waals surface area contributed by atoms with Crippen molar-refractivity contribution in [1.82, 2.24) is 9.55 Å². The second-order valence-corrected chi connectivity index (χ2v) is 8.71. The molecule has 0 radical (unpaired) electrons. The fraction of sp³-hybridized carbons (Fsp3) is 0.174. The molecule has 0 bridgehead atoms. The molecule has 8 heteroatoms. The number of ether oxygens (including phenoxy) is 2. The van der Waals surface area contributed by atoms with Gasteiger partial charge in [-0.3, -0.25) is 14.2 Å². The quantitative estimate of drug-likeness (QED) is 0.231. The Labute approximate surface area is 187 Å². The number of thioether (sulfide) groups is 1. The number of fused-ring (bicyclic) bond motifs is 1. The molecule has 4 aromatic rings. The van der Waals surface area contributed by atoms with Crippen LogP contribution in [0.4, 0.5) is 0 Å². The topological polar surface area (TPSA) is 70.4 Å². The molecule has 0 N–H and O–H groups in total. The minimum Gasteiger partial charge on any atom is -0.497 e. The number of carbonyl (C=O) groups excluding carboxylic acids is 1. The zero-order valence-electron chi connectivity index (χ0n) is 17.2. The lowest BCUT2D eigenvalue weighted by molar-refractivity contribution is 0.101. The van der Waals surface area contributed by atoms with E-state index in [0.717, 1.165) is 10.4 Å². The first-order valence-electron chi connectivity index (χ1n) is 9.46. The van der Waals surface area contributed by atoms with Crippen LogP contribution in [0, 0.1) is 0 Å². The summed E-state index contributed by atoms with van der Waals surface area (Å²) in [6.45, 7) is 0. The third kappa shape index (κ3) is 4.22. The number of benzene rings is 2. The average molecular weight is 453 g/mol. The van der Waals surface area contributed by atoms with E-state index in [1.807, 2.05) is 36.4 Å². The summed E-state index contributed by atoms with van der Waals surface area (Å²) in [5.41, 5.74) is 1.38. The van der Waals surface area contributed by atoms with Crippen LogP contribution in [-0.2, 0) is 7.05 Å². The van der Waals surface area contributed by atoms with Gasteiger partial charge in [0.25, 0.3) is 5.56 Å². The van der Waals surface area contributed by atoms with Crippen LogP contribution >= 0.6 is 23.1 Å². The molecular weight excluding hydrogens is 432 g/mol. The Morgan fingerprint density at radius 1 is 1.10 bits per heavy atom. The van der Waals surface area contributed by atoms with Crippen molar-refractivity contribution in [3.63, 3.8) is 0 Å². The maximum atomic E-state index is 12.9. The van der Waals surface area contributed by atoms with E-state index in [1.165, 1.54) is 34.8 Å². The summed E-state index contributed by atoms with van der Waals surface area (Å²) in [6.07, 6.45) is 0. The van der Waals surface area contributed by atoms with Crippen LogP contribution < -0.4 is 15.0 Å². The Balaban J connectivity index is 1.61. The molecule has 4 rings (SSSR count). The molecule has 0 atom stereocenters. The first-order valence-corrected chi connectivity index (χ1v) is 11.3. The monoisotopic (exact) mass is 452 g/mol. The summed E-state index contributed by atoms with van der Waals surface area (Å²) < 4.78 is 12.0. The van der Waals surface area contributed by atoms with Gasteiger partial charge in [-0.25, -0.2) is 4.98 Å². The number of Topliss-reactive ketones (excluding diaryl/α,β-unsaturated/α-hetero) is 1. The van der Waals surface area contributed by atoms with Gasteiger partial charge in [-0.05, 0) is 23.8 Å². The van der Waals surface area contributed by atoms with Crippen LogP contribution in [0.5, 0.6) is 11.5 Å². The molecule has 0 saturated carbocycles. The van der Waals surface area contributed by atoms with Crippen LogP contribution in [0.15, 0.2) is 64.5 Å². The van der Waals surface area contributed by atoms with Gasteiger partial charge < -0.3 is 9.47 Å². The van der Waals surface area contributed by atoms with Gasteiger partial charge in [0.15, 0.2) is 10.9 Å². The highest BCUT2D eigenvalue weighted by Gasteiger charge is 2.17. The Bertz CT molecular complexity index is 1310. The lowest BCUT2D eigenvalue weighted by Crippen LogP contribution is -2.19.